The van der Waals surface area contributed by atoms with E-state index in [1.54, 1.807) is 18.5 Å². The number of nitrogens with zero attached hydrogens (tertiary/aromatic N) is 3. The van der Waals surface area contributed by atoms with Gasteiger partial charge >= 0.3 is 0 Å². The minimum absolute atomic E-state index is 0.263. The van der Waals surface area contributed by atoms with Crippen molar-refractivity contribution >= 4 is 27.5 Å². The van der Waals surface area contributed by atoms with Gasteiger partial charge in [-0.2, -0.15) is 0 Å². The molecule has 88 valence electrons. The molecule has 0 saturated heterocycles. The van der Waals surface area contributed by atoms with Crippen molar-refractivity contribution in [3.63, 3.8) is 0 Å². The van der Waals surface area contributed by atoms with Gasteiger partial charge in [-0.3, -0.25) is 4.98 Å². The van der Waals surface area contributed by atoms with Crippen LogP contribution in [0.2, 0.25) is 5.15 Å². The van der Waals surface area contributed by atoms with Gasteiger partial charge in [-0.25, -0.2) is 9.97 Å². The van der Waals surface area contributed by atoms with E-state index in [1.807, 2.05) is 13.0 Å². The van der Waals surface area contributed by atoms with E-state index in [2.05, 4.69) is 30.9 Å². The van der Waals surface area contributed by atoms with Gasteiger partial charge in [0.15, 0.2) is 5.82 Å². The molecule has 2 heterocycles. The third-order valence-electron chi connectivity index (χ3n) is 1.92. The molecule has 17 heavy (non-hydrogen) atoms. The third kappa shape index (κ3) is 3.64. The zero-order valence-corrected chi connectivity index (χ0v) is 11.4. The third-order valence-corrected chi connectivity index (χ3v) is 2.54. The molecule has 0 aliphatic carbocycles. The van der Waals surface area contributed by atoms with Gasteiger partial charge in [-0.15, -0.1) is 0 Å². The highest BCUT2D eigenvalue weighted by Gasteiger charge is 2.02. The molecule has 0 saturated carbocycles. The lowest BCUT2D eigenvalue weighted by Gasteiger charge is -2.05. The van der Waals surface area contributed by atoms with Crippen molar-refractivity contribution in [3.8, 4) is 5.75 Å². The molecule has 2 aromatic heterocycles. The number of aromatic nitrogens is 3. The molecule has 6 heteroatoms. The van der Waals surface area contributed by atoms with Gasteiger partial charge in [-0.1, -0.05) is 11.6 Å². The maximum atomic E-state index is 5.83. The first-order chi connectivity index (χ1) is 8.13. The van der Waals surface area contributed by atoms with Gasteiger partial charge in [0.05, 0.1) is 6.20 Å². The summed E-state index contributed by atoms with van der Waals surface area (Å²) in [5.74, 6) is 1.20. The lowest BCUT2D eigenvalue weighted by molar-refractivity contribution is 0.294. The van der Waals surface area contributed by atoms with Gasteiger partial charge in [0.2, 0.25) is 0 Å². The summed E-state index contributed by atoms with van der Waals surface area (Å²) in [6.07, 6.45) is 3.31. The fraction of sp³-hybridized carbons (Fsp3) is 0.182. The predicted molar refractivity (Wildman–Crippen MR) is 68.0 cm³/mol. The van der Waals surface area contributed by atoms with Crippen LogP contribution in [0.3, 0.4) is 0 Å². The molecule has 0 bridgehead atoms. The monoisotopic (exact) mass is 313 g/mol. The number of pyridine rings is 1. The summed E-state index contributed by atoms with van der Waals surface area (Å²) in [4.78, 5) is 12.3. The molecule has 0 atom stereocenters. The average molecular weight is 315 g/mol. The zero-order chi connectivity index (χ0) is 12.3. The van der Waals surface area contributed by atoms with Crippen molar-refractivity contribution < 1.29 is 4.74 Å². The lowest BCUT2D eigenvalue weighted by Crippen LogP contribution is -2.03. The van der Waals surface area contributed by atoms with Crippen LogP contribution in [0.25, 0.3) is 0 Å². The summed E-state index contributed by atoms with van der Waals surface area (Å²) < 4.78 is 6.37. The molecular weight excluding hydrogens is 305 g/mol. The highest BCUT2D eigenvalue weighted by molar-refractivity contribution is 9.10. The van der Waals surface area contributed by atoms with Crippen LogP contribution < -0.4 is 4.74 Å². The Morgan fingerprint density at radius 3 is 2.82 bits per heavy atom. The fourth-order valence-electron chi connectivity index (χ4n) is 1.27. The maximum absolute atomic E-state index is 5.83. The first kappa shape index (κ1) is 12.3. The van der Waals surface area contributed by atoms with Crippen LogP contribution in [0, 0.1) is 6.92 Å². The molecule has 4 nitrogen and oxygen atoms in total. The molecule has 0 aliphatic heterocycles. The largest absolute Gasteiger partial charge is 0.484 e. The van der Waals surface area contributed by atoms with Crippen LogP contribution in [0.15, 0.2) is 29.0 Å². The molecule has 0 spiro atoms. The Kier molecular flexibility index (Phi) is 3.91. The van der Waals surface area contributed by atoms with E-state index < -0.39 is 0 Å². The summed E-state index contributed by atoms with van der Waals surface area (Å²) in [6.45, 7) is 2.12. The summed E-state index contributed by atoms with van der Waals surface area (Å²) in [5, 5.41) is 0.420. The molecule has 0 fully saturated rings. The topological polar surface area (TPSA) is 47.9 Å². The van der Waals surface area contributed by atoms with Crippen LogP contribution >= 0.6 is 27.5 Å². The van der Waals surface area contributed by atoms with Crippen LogP contribution in [0.1, 0.15) is 11.5 Å². The van der Waals surface area contributed by atoms with Crippen molar-refractivity contribution in [2.24, 2.45) is 0 Å². The molecule has 0 unspecified atom stereocenters. The Hall–Kier alpha value is -1.20. The highest BCUT2D eigenvalue weighted by atomic mass is 79.9. The number of ether oxygens (including phenoxy) is 1. The second kappa shape index (κ2) is 5.42. The molecule has 0 amide bonds. The molecule has 0 radical (unpaired) electrons. The summed E-state index contributed by atoms with van der Waals surface area (Å²) in [6, 6.07) is 3.52. The number of aryl methyl sites for hydroxylation is 1. The maximum Gasteiger partial charge on any atom is 0.167 e. The Labute approximate surface area is 112 Å². The van der Waals surface area contributed by atoms with Crippen molar-refractivity contribution in [2.45, 2.75) is 13.5 Å². The van der Waals surface area contributed by atoms with Gasteiger partial charge < -0.3 is 4.74 Å². The summed E-state index contributed by atoms with van der Waals surface area (Å²) >= 11 is 9.15. The molecular formula is C11H9BrClN3O. The second-order valence-corrected chi connectivity index (χ2v) is 4.68. The average Bonchev–Trinajstić information content (AvgIpc) is 2.25. The summed E-state index contributed by atoms with van der Waals surface area (Å²) in [5.41, 5.74) is 0.816. The van der Waals surface area contributed by atoms with E-state index in [1.165, 1.54) is 0 Å². The molecule has 0 aromatic carbocycles. The van der Waals surface area contributed by atoms with Crippen molar-refractivity contribution in [2.75, 3.05) is 0 Å². The van der Waals surface area contributed by atoms with E-state index in [0.29, 0.717) is 16.7 Å². The second-order valence-electron chi connectivity index (χ2n) is 3.38. The van der Waals surface area contributed by atoms with Crippen LogP contribution in [0.4, 0.5) is 0 Å². The van der Waals surface area contributed by atoms with E-state index >= 15 is 0 Å². The van der Waals surface area contributed by atoms with Crippen molar-refractivity contribution in [3.05, 3.63) is 45.7 Å². The molecule has 2 aromatic rings. The molecule has 2 rings (SSSR count). The normalized spacial score (nSPS) is 10.3. The number of rotatable bonds is 3. The fourth-order valence-corrected chi connectivity index (χ4v) is 1.87. The Balaban J connectivity index is 2.07. The Morgan fingerprint density at radius 1 is 1.29 bits per heavy atom. The van der Waals surface area contributed by atoms with E-state index in [-0.39, 0.29) is 6.61 Å². The van der Waals surface area contributed by atoms with Crippen LogP contribution in [-0.2, 0) is 6.61 Å². The lowest BCUT2D eigenvalue weighted by atomic mass is 10.4. The van der Waals surface area contributed by atoms with E-state index in [0.717, 1.165) is 10.2 Å². The summed E-state index contributed by atoms with van der Waals surface area (Å²) in [7, 11) is 0. The minimum atomic E-state index is 0.263. The Bertz CT molecular complexity index is 516. The minimum Gasteiger partial charge on any atom is -0.484 e. The van der Waals surface area contributed by atoms with Crippen molar-refractivity contribution in [1.82, 2.24) is 15.0 Å². The number of halogens is 2. The van der Waals surface area contributed by atoms with Crippen LogP contribution in [-0.4, -0.2) is 15.0 Å². The highest BCUT2D eigenvalue weighted by Crippen LogP contribution is 2.17. The molecule has 0 aliphatic rings. The van der Waals surface area contributed by atoms with Gasteiger partial charge in [-0.05, 0) is 35.0 Å². The zero-order valence-electron chi connectivity index (χ0n) is 9.02. The molecule has 0 N–H and O–H groups in total. The van der Waals surface area contributed by atoms with E-state index in [4.69, 9.17) is 16.3 Å². The smallest absolute Gasteiger partial charge is 0.167 e. The van der Waals surface area contributed by atoms with E-state index in [9.17, 15) is 0 Å². The van der Waals surface area contributed by atoms with Gasteiger partial charge in [0, 0.05) is 16.4 Å². The predicted octanol–water partition coefficient (Wildman–Crippen LogP) is 3.17. The standard InChI is InChI=1S/C11H9BrClN3O/c1-7-2-10(13)16-11(15-7)6-17-9-3-8(12)4-14-5-9/h2-5H,6H2,1H3. The first-order valence-corrected chi connectivity index (χ1v) is 6.04. The van der Waals surface area contributed by atoms with Crippen LogP contribution in [0.5, 0.6) is 5.75 Å². The van der Waals surface area contributed by atoms with Gasteiger partial charge in [0.1, 0.15) is 17.5 Å². The van der Waals surface area contributed by atoms with Gasteiger partial charge in [0.25, 0.3) is 0 Å². The first-order valence-electron chi connectivity index (χ1n) is 4.87. The SMILES string of the molecule is Cc1cc(Cl)nc(COc2cncc(Br)c2)n1. The number of hydrogen-bond donors (Lipinski definition) is 0. The Morgan fingerprint density at radius 2 is 2.12 bits per heavy atom. The quantitative estimate of drug-likeness (QED) is 0.816. The van der Waals surface area contributed by atoms with Crippen molar-refractivity contribution in [1.29, 1.82) is 0 Å². The number of hydrogen-bond acceptors (Lipinski definition) is 4.